The molecule has 1 saturated heterocycles. The number of esters is 1. The van der Waals surface area contributed by atoms with E-state index in [4.69, 9.17) is 9.47 Å². The maximum atomic E-state index is 10.9. The summed E-state index contributed by atoms with van der Waals surface area (Å²) in [6, 6.07) is 9.78. The van der Waals surface area contributed by atoms with Gasteiger partial charge in [-0.3, -0.25) is 0 Å². The third-order valence-corrected chi connectivity index (χ3v) is 3.09. The van der Waals surface area contributed by atoms with Crippen molar-refractivity contribution in [3.8, 4) is 0 Å². The van der Waals surface area contributed by atoms with Gasteiger partial charge in [-0.2, -0.15) is 0 Å². The Labute approximate surface area is 92.8 Å². The molecule has 2 fully saturated rings. The van der Waals surface area contributed by atoms with Crippen LogP contribution in [0.1, 0.15) is 5.56 Å². The van der Waals surface area contributed by atoms with E-state index >= 15 is 0 Å². The number of rotatable bonds is 3. The van der Waals surface area contributed by atoms with Gasteiger partial charge in [-0.25, -0.2) is 4.79 Å². The molecule has 3 rings (SSSR count). The minimum Gasteiger partial charge on any atom is -0.457 e. The quantitative estimate of drug-likeness (QED) is 0.753. The Morgan fingerprint density at radius 2 is 2.06 bits per heavy atom. The number of aliphatic hydroxyl groups is 1. The van der Waals surface area contributed by atoms with Crippen LogP contribution in [-0.2, 0) is 20.9 Å². The molecule has 2 unspecified atom stereocenters. The molecule has 4 nitrogen and oxygen atoms in total. The molecule has 1 saturated carbocycles. The SMILES string of the molecule is O=C1O[C@@H]2C(OCc3ccccc3)C2[C@H]1O. The van der Waals surface area contributed by atoms with E-state index in [-0.39, 0.29) is 18.1 Å². The highest BCUT2D eigenvalue weighted by molar-refractivity contribution is 5.79. The van der Waals surface area contributed by atoms with E-state index in [0.717, 1.165) is 5.56 Å². The lowest BCUT2D eigenvalue weighted by Crippen LogP contribution is -2.23. The minimum absolute atomic E-state index is 0.132. The second-order valence-electron chi connectivity index (χ2n) is 4.18. The number of carbonyl (C=O) groups is 1. The van der Waals surface area contributed by atoms with Crippen molar-refractivity contribution in [1.29, 1.82) is 0 Å². The number of hydrogen-bond acceptors (Lipinski definition) is 4. The normalized spacial score (nSPS) is 35.7. The molecule has 4 heteroatoms. The van der Waals surface area contributed by atoms with E-state index in [0.29, 0.717) is 6.61 Å². The summed E-state index contributed by atoms with van der Waals surface area (Å²) in [5.41, 5.74) is 1.08. The second kappa shape index (κ2) is 3.57. The molecule has 0 bridgehead atoms. The summed E-state index contributed by atoms with van der Waals surface area (Å²) in [6.07, 6.45) is -1.36. The van der Waals surface area contributed by atoms with Gasteiger partial charge in [0.2, 0.25) is 0 Å². The fourth-order valence-electron chi connectivity index (χ4n) is 2.12. The molecule has 1 aromatic carbocycles. The molecule has 16 heavy (non-hydrogen) atoms. The Bertz CT molecular complexity index is 403. The average molecular weight is 220 g/mol. The van der Waals surface area contributed by atoms with E-state index in [1.54, 1.807) is 0 Å². The smallest absolute Gasteiger partial charge is 0.335 e. The highest BCUT2D eigenvalue weighted by atomic mass is 16.6. The van der Waals surface area contributed by atoms with Crippen molar-refractivity contribution >= 4 is 5.97 Å². The molecule has 1 aromatic rings. The van der Waals surface area contributed by atoms with Crippen molar-refractivity contribution in [2.45, 2.75) is 24.9 Å². The van der Waals surface area contributed by atoms with E-state index in [2.05, 4.69) is 0 Å². The standard InChI is InChI=1S/C12H12O4/c13-9-8-10(11(8)16-12(9)14)15-6-7-4-2-1-3-5-7/h1-5,8-11,13H,6H2/t8?,9-,10?,11+/m1/s1. The van der Waals surface area contributed by atoms with Gasteiger partial charge in [-0.05, 0) is 5.56 Å². The Balaban J connectivity index is 1.54. The van der Waals surface area contributed by atoms with Gasteiger partial charge >= 0.3 is 5.97 Å². The molecular formula is C12H12O4. The number of ether oxygens (including phenoxy) is 2. The van der Waals surface area contributed by atoms with Crippen molar-refractivity contribution in [2.24, 2.45) is 5.92 Å². The summed E-state index contributed by atoms with van der Waals surface area (Å²) in [6.45, 7) is 0.489. The van der Waals surface area contributed by atoms with E-state index < -0.39 is 12.1 Å². The van der Waals surface area contributed by atoms with Gasteiger partial charge in [0.25, 0.3) is 0 Å². The summed E-state index contributed by atoms with van der Waals surface area (Å²) in [4.78, 5) is 10.9. The average Bonchev–Trinajstić information content (AvgIpc) is 2.90. The van der Waals surface area contributed by atoms with E-state index in [9.17, 15) is 9.90 Å². The largest absolute Gasteiger partial charge is 0.457 e. The van der Waals surface area contributed by atoms with Crippen LogP contribution < -0.4 is 0 Å². The Hall–Kier alpha value is -1.39. The maximum absolute atomic E-state index is 10.9. The van der Waals surface area contributed by atoms with Gasteiger partial charge in [0.1, 0.15) is 12.2 Å². The number of aliphatic hydroxyl groups excluding tert-OH is 1. The molecule has 1 N–H and O–H groups in total. The van der Waals surface area contributed by atoms with Gasteiger partial charge in [-0.1, -0.05) is 30.3 Å². The van der Waals surface area contributed by atoms with Crippen LogP contribution in [0.25, 0.3) is 0 Å². The van der Waals surface area contributed by atoms with Crippen LogP contribution in [0.15, 0.2) is 30.3 Å². The van der Waals surface area contributed by atoms with Crippen LogP contribution >= 0.6 is 0 Å². The summed E-state index contributed by atoms with van der Waals surface area (Å²) in [5, 5.41) is 9.42. The van der Waals surface area contributed by atoms with E-state index in [1.807, 2.05) is 30.3 Å². The van der Waals surface area contributed by atoms with Gasteiger partial charge in [0, 0.05) is 0 Å². The molecule has 0 aromatic heterocycles. The lowest BCUT2D eigenvalue weighted by molar-refractivity contribution is -0.152. The zero-order valence-electron chi connectivity index (χ0n) is 8.58. The minimum atomic E-state index is -0.995. The molecule has 1 aliphatic heterocycles. The van der Waals surface area contributed by atoms with E-state index in [1.165, 1.54) is 0 Å². The van der Waals surface area contributed by atoms with Crippen LogP contribution in [0.2, 0.25) is 0 Å². The second-order valence-corrected chi connectivity index (χ2v) is 4.18. The van der Waals surface area contributed by atoms with Gasteiger partial charge in [0.05, 0.1) is 12.5 Å². The zero-order valence-corrected chi connectivity index (χ0v) is 8.58. The molecule has 0 radical (unpaired) electrons. The first-order valence-corrected chi connectivity index (χ1v) is 5.31. The molecule has 84 valence electrons. The van der Waals surface area contributed by atoms with Crippen molar-refractivity contribution in [3.63, 3.8) is 0 Å². The lowest BCUT2D eigenvalue weighted by Gasteiger charge is -2.08. The first-order valence-electron chi connectivity index (χ1n) is 5.31. The fourth-order valence-corrected chi connectivity index (χ4v) is 2.12. The van der Waals surface area contributed by atoms with Crippen LogP contribution in [0, 0.1) is 5.92 Å². The Morgan fingerprint density at radius 1 is 1.31 bits per heavy atom. The molecule has 1 aliphatic carbocycles. The summed E-state index contributed by atoms with van der Waals surface area (Å²) in [5.74, 6) is -0.675. The summed E-state index contributed by atoms with van der Waals surface area (Å²) in [7, 11) is 0. The van der Waals surface area contributed by atoms with Crippen molar-refractivity contribution < 1.29 is 19.4 Å². The molecule has 2 aliphatic rings. The maximum Gasteiger partial charge on any atom is 0.335 e. The van der Waals surface area contributed by atoms with Gasteiger partial charge in [0.15, 0.2) is 6.10 Å². The number of carbonyl (C=O) groups excluding carboxylic acids is 1. The monoisotopic (exact) mass is 220 g/mol. The number of benzene rings is 1. The first-order chi connectivity index (χ1) is 7.77. The number of hydrogen-bond donors (Lipinski definition) is 1. The Morgan fingerprint density at radius 3 is 2.69 bits per heavy atom. The van der Waals surface area contributed by atoms with Crippen molar-refractivity contribution in [1.82, 2.24) is 0 Å². The lowest BCUT2D eigenvalue weighted by atomic mass is 10.2. The predicted octanol–water partition coefficient (Wildman–Crippen LogP) is 0.488. The van der Waals surface area contributed by atoms with Crippen LogP contribution in [0.5, 0.6) is 0 Å². The first kappa shape index (κ1) is 9.81. The topological polar surface area (TPSA) is 55.8 Å². The van der Waals surface area contributed by atoms with Crippen molar-refractivity contribution in [2.75, 3.05) is 0 Å². The van der Waals surface area contributed by atoms with Gasteiger partial charge in [-0.15, -0.1) is 0 Å². The van der Waals surface area contributed by atoms with Crippen molar-refractivity contribution in [3.05, 3.63) is 35.9 Å². The van der Waals surface area contributed by atoms with Crippen LogP contribution in [0.3, 0.4) is 0 Å². The summed E-state index contributed by atoms with van der Waals surface area (Å²) >= 11 is 0. The molecule has 1 heterocycles. The van der Waals surface area contributed by atoms with Gasteiger partial charge < -0.3 is 14.6 Å². The third kappa shape index (κ3) is 1.50. The Kier molecular flexibility index (Phi) is 2.19. The molecule has 4 atom stereocenters. The highest BCUT2D eigenvalue weighted by Crippen LogP contribution is 2.46. The third-order valence-electron chi connectivity index (χ3n) is 3.09. The predicted molar refractivity (Wildman–Crippen MR) is 54.4 cm³/mol. The summed E-state index contributed by atoms with van der Waals surface area (Å²) < 4.78 is 10.5. The zero-order chi connectivity index (χ0) is 11.1. The van der Waals surface area contributed by atoms with Crippen LogP contribution in [0.4, 0.5) is 0 Å². The molecular weight excluding hydrogens is 208 g/mol. The molecule has 0 spiro atoms. The molecule has 0 amide bonds. The number of fused-ring (bicyclic) bond motifs is 1. The van der Waals surface area contributed by atoms with Crippen LogP contribution in [-0.4, -0.2) is 29.4 Å². The fraction of sp³-hybridized carbons (Fsp3) is 0.417. The highest BCUT2D eigenvalue weighted by Gasteiger charge is 2.66.